The lowest BCUT2D eigenvalue weighted by Crippen LogP contribution is -2.07. The molecular formula is C22H21FN6. The minimum Gasteiger partial charge on any atom is -0.370 e. The van der Waals surface area contributed by atoms with Crippen LogP contribution in [0.2, 0.25) is 0 Å². The summed E-state index contributed by atoms with van der Waals surface area (Å²) in [5, 5.41) is 8.98. The van der Waals surface area contributed by atoms with E-state index in [1.54, 1.807) is 23.0 Å². The van der Waals surface area contributed by atoms with Crippen LogP contribution in [0.4, 0.5) is 10.2 Å². The van der Waals surface area contributed by atoms with Gasteiger partial charge in [0.25, 0.3) is 0 Å². The first-order valence-corrected chi connectivity index (χ1v) is 9.82. The number of aromatic nitrogens is 5. The number of benzene rings is 1. The van der Waals surface area contributed by atoms with Gasteiger partial charge >= 0.3 is 0 Å². The van der Waals surface area contributed by atoms with Gasteiger partial charge in [-0.2, -0.15) is 5.10 Å². The fourth-order valence-corrected chi connectivity index (χ4v) is 3.41. The Hall–Kier alpha value is -3.35. The van der Waals surface area contributed by atoms with Gasteiger partial charge in [-0.1, -0.05) is 18.2 Å². The zero-order valence-corrected chi connectivity index (χ0v) is 16.1. The van der Waals surface area contributed by atoms with Crippen molar-refractivity contribution in [1.82, 2.24) is 24.7 Å². The molecule has 6 nitrogen and oxygen atoms in total. The van der Waals surface area contributed by atoms with E-state index in [2.05, 4.69) is 15.3 Å². The second kappa shape index (κ2) is 7.24. The van der Waals surface area contributed by atoms with Crippen LogP contribution in [0.1, 0.15) is 24.1 Å². The molecule has 4 aromatic rings. The SMILES string of the molecule is Cc1cc(NCC2CC2)nc(-c2nn(Cc3ccccc3F)c3ncccc23)n1. The molecule has 0 unspecified atom stereocenters. The first-order valence-electron chi connectivity index (χ1n) is 9.82. The van der Waals surface area contributed by atoms with Gasteiger partial charge < -0.3 is 5.32 Å². The third-order valence-corrected chi connectivity index (χ3v) is 5.12. The van der Waals surface area contributed by atoms with E-state index >= 15 is 0 Å². The Kier molecular flexibility index (Phi) is 4.42. The zero-order valence-electron chi connectivity index (χ0n) is 16.1. The molecule has 146 valence electrons. The largest absolute Gasteiger partial charge is 0.370 e. The molecule has 0 saturated heterocycles. The number of hydrogen-bond acceptors (Lipinski definition) is 5. The van der Waals surface area contributed by atoms with Crippen molar-refractivity contribution in [3.8, 4) is 11.5 Å². The van der Waals surface area contributed by atoms with Gasteiger partial charge in [0.15, 0.2) is 11.5 Å². The van der Waals surface area contributed by atoms with E-state index < -0.39 is 0 Å². The van der Waals surface area contributed by atoms with E-state index in [0.717, 1.165) is 29.4 Å². The van der Waals surface area contributed by atoms with Crippen LogP contribution in [-0.2, 0) is 6.54 Å². The van der Waals surface area contributed by atoms with Crippen LogP contribution < -0.4 is 5.32 Å². The van der Waals surface area contributed by atoms with E-state index in [1.807, 2.05) is 31.2 Å². The zero-order chi connectivity index (χ0) is 19.8. The summed E-state index contributed by atoms with van der Waals surface area (Å²) in [6.45, 7) is 3.17. The van der Waals surface area contributed by atoms with Crippen LogP contribution in [0.25, 0.3) is 22.6 Å². The second-order valence-electron chi connectivity index (χ2n) is 7.51. The Bertz CT molecular complexity index is 1180. The van der Waals surface area contributed by atoms with Gasteiger partial charge in [0.1, 0.15) is 17.3 Å². The monoisotopic (exact) mass is 388 g/mol. The summed E-state index contributed by atoms with van der Waals surface area (Å²) < 4.78 is 15.9. The topological polar surface area (TPSA) is 68.5 Å². The molecular weight excluding hydrogens is 367 g/mol. The van der Waals surface area contributed by atoms with Crippen LogP contribution in [0.15, 0.2) is 48.7 Å². The first kappa shape index (κ1) is 17.7. The van der Waals surface area contributed by atoms with Crippen LogP contribution in [0.3, 0.4) is 0 Å². The summed E-state index contributed by atoms with van der Waals surface area (Å²) in [4.78, 5) is 13.8. The molecule has 1 aliphatic rings. The molecule has 1 saturated carbocycles. The van der Waals surface area contributed by atoms with Gasteiger partial charge in [0.05, 0.1) is 11.9 Å². The summed E-state index contributed by atoms with van der Waals surface area (Å²) >= 11 is 0. The lowest BCUT2D eigenvalue weighted by atomic mass is 10.2. The highest BCUT2D eigenvalue weighted by molar-refractivity contribution is 5.89. The molecule has 1 N–H and O–H groups in total. The molecule has 1 fully saturated rings. The Morgan fingerprint density at radius 1 is 1.14 bits per heavy atom. The fourth-order valence-electron chi connectivity index (χ4n) is 3.41. The van der Waals surface area contributed by atoms with Crippen molar-refractivity contribution in [3.63, 3.8) is 0 Å². The predicted octanol–water partition coefficient (Wildman–Crippen LogP) is 4.21. The Balaban J connectivity index is 1.56. The minimum absolute atomic E-state index is 0.257. The second-order valence-corrected chi connectivity index (χ2v) is 7.51. The van der Waals surface area contributed by atoms with E-state index in [9.17, 15) is 4.39 Å². The summed E-state index contributed by atoms with van der Waals surface area (Å²) in [5.74, 6) is 1.85. The van der Waals surface area contributed by atoms with E-state index in [1.165, 1.54) is 18.9 Å². The van der Waals surface area contributed by atoms with Gasteiger partial charge in [0.2, 0.25) is 0 Å². The van der Waals surface area contributed by atoms with Crippen molar-refractivity contribution in [2.24, 2.45) is 5.92 Å². The first-order chi connectivity index (χ1) is 14.2. The summed E-state index contributed by atoms with van der Waals surface area (Å²) in [5.41, 5.74) is 2.77. The highest BCUT2D eigenvalue weighted by Crippen LogP contribution is 2.30. The molecule has 5 rings (SSSR count). The van der Waals surface area contributed by atoms with Gasteiger partial charge in [-0.15, -0.1) is 0 Å². The average molecular weight is 388 g/mol. The minimum atomic E-state index is -0.257. The number of rotatable bonds is 6. The van der Waals surface area contributed by atoms with Gasteiger partial charge in [-0.3, -0.25) is 0 Å². The number of fused-ring (bicyclic) bond motifs is 1. The number of aryl methyl sites for hydroxylation is 1. The van der Waals surface area contributed by atoms with Crippen molar-refractivity contribution in [2.45, 2.75) is 26.3 Å². The number of halogens is 1. The summed E-state index contributed by atoms with van der Waals surface area (Å²) in [7, 11) is 0. The molecule has 1 aromatic carbocycles. The Morgan fingerprint density at radius 2 is 2.00 bits per heavy atom. The molecule has 0 aliphatic heterocycles. The molecule has 0 bridgehead atoms. The number of pyridine rings is 1. The van der Waals surface area contributed by atoms with Crippen molar-refractivity contribution in [2.75, 3.05) is 11.9 Å². The third kappa shape index (κ3) is 3.68. The van der Waals surface area contributed by atoms with Gasteiger partial charge in [0, 0.05) is 30.1 Å². The van der Waals surface area contributed by atoms with Crippen molar-refractivity contribution < 1.29 is 4.39 Å². The van der Waals surface area contributed by atoms with Crippen molar-refractivity contribution in [3.05, 3.63) is 65.7 Å². The Labute approximate surface area is 167 Å². The van der Waals surface area contributed by atoms with Gasteiger partial charge in [-0.25, -0.2) is 24.0 Å². The Morgan fingerprint density at radius 3 is 2.83 bits per heavy atom. The van der Waals surface area contributed by atoms with Crippen LogP contribution in [0, 0.1) is 18.7 Å². The normalized spacial score (nSPS) is 13.7. The maximum atomic E-state index is 14.2. The molecule has 0 spiro atoms. The smallest absolute Gasteiger partial charge is 0.183 e. The standard InChI is InChI=1S/C22H21FN6/c1-14-11-19(25-12-15-8-9-15)27-21(26-14)20-17-6-4-10-24-22(17)29(28-20)13-16-5-2-3-7-18(16)23/h2-7,10-11,15H,8-9,12-13H2,1H3,(H,25,26,27). The van der Waals surface area contributed by atoms with E-state index in [0.29, 0.717) is 29.3 Å². The highest BCUT2D eigenvalue weighted by Gasteiger charge is 2.21. The average Bonchev–Trinajstić information content (AvgIpc) is 3.49. The number of nitrogens with zero attached hydrogens (tertiary/aromatic N) is 5. The summed E-state index contributed by atoms with van der Waals surface area (Å²) in [6.07, 6.45) is 4.27. The fraction of sp³-hybridized carbons (Fsp3) is 0.273. The summed E-state index contributed by atoms with van der Waals surface area (Å²) in [6, 6.07) is 12.5. The predicted molar refractivity (Wildman–Crippen MR) is 110 cm³/mol. The highest BCUT2D eigenvalue weighted by atomic mass is 19.1. The van der Waals surface area contributed by atoms with E-state index in [4.69, 9.17) is 10.1 Å². The molecule has 3 heterocycles. The van der Waals surface area contributed by atoms with Crippen LogP contribution >= 0.6 is 0 Å². The van der Waals surface area contributed by atoms with Crippen LogP contribution in [0.5, 0.6) is 0 Å². The molecule has 3 aromatic heterocycles. The number of anilines is 1. The lowest BCUT2D eigenvalue weighted by Gasteiger charge is -2.07. The number of hydrogen-bond donors (Lipinski definition) is 1. The number of nitrogens with one attached hydrogen (secondary N) is 1. The van der Waals surface area contributed by atoms with Crippen molar-refractivity contribution in [1.29, 1.82) is 0 Å². The van der Waals surface area contributed by atoms with Crippen molar-refractivity contribution >= 4 is 16.9 Å². The third-order valence-electron chi connectivity index (χ3n) is 5.12. The molecule has 7 heteroatoms. The molecule has 0 amide bonds. The van der Waals surface area contributed by atoms with Gasteiger partial charge in [-0.05, 0) is 43.9 Å². The lowest BCUT2D eigenvalue weighted by molar-refractivity contribution is 0.589. The molecule has 0 atom stereocenters. The van der Waals surface area contributed by atoms with Crippen LogP contribution in [-0.4, -0.2) is 31.3 Å². The molecule has 1 aliphatic carbocycles. The maximum Gasteiger partial charge on any atom is 0.183 e. The molecule has 0 radical (unpaired) electrons. The maximum absolute atomic E-state index is 14.2. The molecule has 29 heavy (non-hydrogen) atoms. The quantitative estimate of drug-likeness (QED) is 0.536. The van der Waals surface area contributed by atoms with E-state index in [-0.39, 0.29) is 5.82 Å².